The van der Waals surface area contributed by atoms with Crippen molar-refractivity contribution < 1.29 is 2.81 Å². The third-order valence-corrected chi connectivity index (χ3v) is 14.6. The Labute approximate surface area is 193 Å². The van der Waals surface area contributed by atoms with Crippen molar-refractivity contribution in [1.29, 1.82) is 0 Å². The molecule has 0 amide bonds. The molecular weight excluding hydrogens is 563 g/mol. The fourth-order valence-corrected chi connectivity index (χ4v) is 12.3. The summed E-state index contributed by atoms with van der Waals surface area (Å²) < 4.78 is 9.88. The zero-order valence-electron chi connectivity index (χ0n) is 19.5. The van der Waals surface area contributed by atoms with Gasteiger partial charge in [-0.1, -0.05) is 0 Å². The van der Waals surface area contributed by atoms with Gasteiger partial charge in [0, 0.05) is 0 Å². The zero-order valence-corrected chi connectivity index (χ0v) is 23.0. The van der Waals surface area contributed by atoms with Gasteiger partial charge in [0.15, 0.2) is 0 Å². The summed E-state index contributed by atoms with van der Waals surface area (Å²) in [5.74, 6) is 0. The molecule has 0 saturated heterocycles. The van der Waals surface area contributed by atoms with Crippen LogP contribution in [-0.4, -0.2) is 39.2 Å². The van der Waals surface area contributed by atoms with E-state index < -0.39 is 22.2 Å². The van der Waals surface area contributed by atoms with E-state index in [1.54, 1.807) is 0 Å². The van der Waals surface area contributed by atoms with Gasteiger partial charge in [-0.15, -0.1) is 0 Å². The first kappa shape index (κ1) is 23.9. The molecule has 0 bridgehead atoms. The third-order valence-electron chi connectivity index (χ3n) is 6.06. The second-order valence-corrected chi connectivity index (χ2v) is 16.6. The van der Waals surface area contributed by atoms with Gasteiger partial charge in [-0.2, -0.15) is 0 Å². The van der Waals surface area contributed by atoms with Crippen LogP contribution >= 0.6 is 0 Å². The topological polar surface area (TPSA) is 12.5 Å². The molecule has 2 nitrogen and oxygen atoms in total. The summed E-state index contributed by atoms with van der Waals surface area (Å²) in [6.07, 6.45) is 9.35. The van der Waals surface area contributed by atoms with Crippen LogP contribution in [-0.2, 0) is 15.9 Å². The van der Waals surface area contributed by atoms with E-state index in [2.05, 4.69) is 81.1 Å². The molecule has 0 spiro atoms. The van der Waals surface area contributed by atoms with Crippen LogP contribution in [0.2, 0.25) is 0 Å². The molecule has 1 heterocycles. The van der Waals surface area contributed by atoms with Crippen LogP contribution in [0.3, 0.4) is 0 Å². The first-order valence-electron chi connectivity index (χ1n) is 11.8. The minimum atomic E-state index is -2.47. The van der Waals surface area contributed by atoms with Crippen LogP contribution in [0.4, 0.5) is 0 Å². The molecule has 0 unspecified atom stereocenters. The van der Waals surface area contributed by atoms with Crippen molar-refractivity contribution in [2.45, 2.75) is 91.3 Å². The Bertz CT molecular complexity index is 733. The Morgan fingerprint density at radius 2 is 1.27 bits per heavy atom. The molecular formula is C27H40BiNO. The van der Waals surface area contributed by atoms with Gasteiger partial charge in [-0.25, -0.2) is 0 Å². The van der Waals surface area contributed by atoms with Crippen LogP contribution < -0.4 is 6.54 Å². The molecule has 2 aromatic rings. The number of hydrogen-bond donors (Lipinski definition) is 0. The predicted octanol–water partition coefficient (Wildman–Crippen LogP) is 5.67. The van der Waals surface area contributed by atoms with Gasteiger partial charge < -0.3 is 0 Å². The molecule has 0 fully saturated rings. The Hall–Kier alpha value is -0.757. The van der Waals surface area contributed by atoms with E-state index >= 15 is 0 Å². The van der Waals surface area contributed by atoms with E-state index in [1.807, 2.05) is 0 Å². The van der Waals surface area contributed by atoms with Crippen molar-refractivity contribution in [3.05, 3.63) is 59.7 Å². The zero-order chi connectivity index (χ0) is 21.4. The first-order valence-corrected chi connectivity index (χ1v) is 16.7. The molecule has 0 radical (unpaired) electrons. The van der Waals surface area contributed by atoms with E-state index in [4.69, 9.17) is 2.81 Å². The van der Waals surface area contributed by atoms with E-state index in [1.165, 1.54) is 62.6 Å². The first-order chi connectivity index (χ1) is 14.5. The maximum absolute atomic E-state index is 6.81. The third kappa shape index (κ3) is 6.62. The van der Waals surface area contributed by atoms with E-state index in [-0.39, 0.29) is 5.54 Å². The number of unbranched alkanes of at least 4 members (excludes halogenated alkanes) is 6. The number of nitrogens with zero attached hydrogens (tertiary/aromatic N) is 1. The molecule has 0 N–H and O–H groups in total. The Kier molecular flexibility index (Phi) is 9.36. The molecule has 0 saturated carbocycles. The Balaban J connectivity index is 1.75. The number of rotatable bonds is 9. The number of benzene rings is 2. The van der Waals surface area contributed by atoms with Crippen molar-refractivity contribution in [3.8, 4) is 0 Å². The second-order valence-electron chi connectivity index (χ2n) is 9.53. The van der Waals surface area contributed by atoms with Crippen molar-refractivity contribution in [1.82, 2.24) is 4.90 Å². The fourth-order valence-electron chi connectivity index (χ4n) is 4.11. The predicted molar refractivity (Wildman–Crippen MR) is 131 cm³/mol. The van der Waals surface area contributed by atoms with E-state index in [0.29, 0.717) is 0 Å². The SMILES string of the molecule is CCCCCCCCC[O][Bi]1[c]2ccccc2CN(C(C)(C)C)Cc2cccc[c]21. The summed E-state index contributed by atoms with van der Waals surface area (Å²) in [5.41, 5.74) is 3.11. The summed E-state index contributed by atoms with van der Waals surface area (Å²) >= 11 is -2.47. The molecule has 3 rings (SSSR count). The molecule has 3 heteroatoms. The quantitative estimate of drug-likeness (QED) is 0.271. The summed E-state index contributed by atoms with van der Waals surface area (Å²) in [5, 5.41) is 0. The maximum atomic E-state index is 6.81. The molecule has 0 atom stereocenters. The average Bonchev–Trinajstić information content (AvgIpc) is 2.71. The van der Waals surface area contributed by atoms with Gasteiger partial charge in [0.2, 0.25) is 0 Å². The van der Waals surface area contributed by atoms with Gasteiger partial charge in [0.05, 0.1) is 0 Å². The minimum absolute atomic E-state index is 0.139. The molecule has 0 aliphatic carbocycles. The van der Waals surface area contributed by atoms with Gasteiger partial charge in [-0.3, -0.25) is 0 Å². The van der Waals surface area contributed by atoms with Gasteiger partial charge in [0.25, 0.3) is 0 Å². The summed E-state index contributed by atoms with van der Waals surface area (Å²) in [4.78, 5) is 2.61. The van der Waals surface area contributed by atoms with E-state index in [0.717, 1.165) is 19.7 Å². The van der Waals surface area contributed by atoms with Crippen LogP contribution in [0, 0.1) is 0 Å². The van der Waals surface area contributed by atoms with Crippen molar-refractivity contribution in [2.24, 2.45) is 0 Å². The second kappa shape index (κ2) is 11.7. The standard InChI is InChI=1S/C18H21N.C9H19O.Bi/c1-18(2,3)19(14-16-10-6-4-7-11-16)15-17-12-8-5-9-13-17;1-2-3-4-5-6-7-8-9-10;/h4-10,12H,14-15H2,1-3H3;2-9H2,1H3;/q;-1;+1. The molecule has 30 heavy (non-hydrogen) atoms. The monoisotopic (exact) mass is 603 g/mol. The Morgan fingerprint density at radius 3 is 1.80 bits per heavy atom. The van der Waals surface area contributed by atoms with Crippen molar-refractivity contribution >= 4 is 28.7 Å². The Morgan fingerprint density at radius 1 is 0.767 bits per heavy atom. The van der Waals surface area contributed by atoms with Crippen LogP contribution in [0.5, 0.6) is 0 Å². The number of fused-ring (bicyclic) bond motifs is 2. The van der Waals surface area contributed by atoms with Crippen LogP contribution in [0.25, 0.3) is 0 Å². The van der Waals surface area contributed by atoms with Crippen LogP contribution in [0.1, 0.15) is 83.8 Å². The molecule has 164 valence electrons. The van der Waals surface area contributed by atoms with Gasteiger partial charge >= 0.3 is 194 Å². The normalized spacial score (nSPS) is 15.3. The number of hydrogen-bond acceptors (Lipinski definition) is 2. The van der Waals surface area contributed by atoms with Crippen molar-refractivity contribution in [2.75, 3.05) is 6.61 Å². The fraction of sp³-hybridized carbons (Fsp3) is 0.556. The molecule has 1 aliphatic heterocycles. The summed E-state index contributed by atoms with van der Waals surface area (Å²) in [7, 11) is 0. The van der Waals surface area contributed by atoms with Crippen molar-refractivity contribution in [3.63, 3.8) is 0 Å². The molecule has 1 aliphatic rings. The van der Waals surface area contributed by atoms with Gasteiger partial charge in [0.1, 0.15) is 0 Å². The van der Waals surface area contributed by atoms with Crippen LogP contribution in [0.15, 0.2) is 48.5 Å². The molecule has 2 aromatic carbocycles. The summed E-state index contributed by atoms with van der Waals surface area (Å²) in [6.45, 7) is 12.2. The van der Waals surface area contributed by atoms with Gasteiger partial charge in [-0.05, 0) is 0 Å². The van der Waals surface area contributed by atoms with E-state index in [9.17, 15) is 0 Å². The summed E-state index contributed by atoms with van der Waals surface area (Å²) in [6, 6.07) is 18.2. The average molecular weight is 604 g/mol. The molecule has 0 aromatic heterocycles.